The van der Waals surface area contributed by atoms with Gasteiger partial charge in [-0.1, -0.05) is 44.3 Å². The highest BCUT2D eigenvalue weighted by Gasteiger charge is 2.07. The van der Waals surface area contributed by atoms with Crippen molar-refractivity contribution < 1.29 is 0 Å². The first-order chi connectivity index (χ1) is 9.49. The molecular weight excluding hydrogens is 264 g/mol. The molecule has 0 saturated heterocycles. The molecule has 20 heavy (non-hydrogen) atoms. The third-order valence-electron chi connectivity index (χ3n) is 3.35. The van der Waals surface area contributed by atoms with Gasteiger partial charge in [-0.15, -0.1) is 0 Å². The molecule has 0 unspecified atom stereocenters. The van der Waals surface area contributed by atoms with E-state index in [1.54, 1.807) is 0 Å². The van der Waals surface area contributed by atoms with Crippen molar-refractivity contribution in [3.8, 4) is 0 Å². The lowest BCUT2D eigenvalue weighted by atomic mass is 10.0. The molecule has 3 N–H and O–H groups in total. The third kappa shape index (κ3) is 3.17. The average Bonchev–Trinajstić information content (AvgIpc) is 2.38. The first-order valence-electron chi connectivity index (χ1n) is 6.75. The summed E-state index contributed by atoms with van der Waals surface area (Å²) in [4.78, 5) is 0.441. The zero-order valence-electron chi connectivity index (χ0n) is 12.1. The SMILES string of the molecule is Cc1cc(Nc2ccccc2C(C)C)ccc1C(N)=S. The lowest BCUT2D eigenvalue weighted by molar-refractivity contribution is 0.869. The molecule has 0 fully saturated rings. The minimum absolute atomic E-state index is 0.441. The fraction of sp³-hybridized carbons (Fsp3) is 0.235. The quantitative estimate of drug-likeness (QED) is 0.812. The molecule has 0 aliphatic rings. The molecule has 2 aromatic rings. The highest BCUT2D eigenvalue weighted by molar-refractivity contribution is 7.80. The van der Waals surface area contributed by atoms with Gasteiger partial charge in [-0.25, -0.2) is 0 Å². The third-order valence-corrected chi connectivity index (χ3v) is 3.57. The summed E-state index contributed by atoms with van der Waals surface area (Å²) >= 11 is 5.03. The molecule has 2 rings (SSSR count). The number of thiocarbonyl (C=S) groups is 1. The van der Waals surface area contributed by atoms with E-state index in [0.29, 0.717) is 10.9 Å². The second-order valence-electron chi connectivity index (χ2n) is 5.26. The lowest BCUT2D eigenvalue weighted by Crippen LogP contribution is -2.11. The van der Waals surface area contributed by atoms with Crippen molar-refractivity contribution in [2.45, 2.75) is 26.7 Å². The van der Waals surface area contributed by atoms with Gasteiger partial charge in [0.1, 0.15) is 4.99 Å². The van der Waals surface area contributed by atoms with Gasteiger partial charge in [0.25, 0.3) is 0 Å². The summed E-state index contributed by atoms with van der Waals surface area (Å²) in [5, 5.41) is 3.48. The first-order valence-corrected chi connectivity index (χ1v) is 7.16. The molecule has 0 spiro atoms. The molecular formula is C17H20N2S. The van der Waals surface area contributed by atoms with Crippen LogP contribution in [0.25, 0.3) is 0 Å². The monoisotopic (exact) mass is 284 g/mol. The van der Waals surface area contributed by atoms with Crippen LogP contribution in [0.5, 0.6) is 0 Å². The van der Waals surface area contributed by atoms with Crippen molar-refractivity contribution in [3.63, 3.8) is 0 Å². The zero-order chi connectivity index (χ0) is 14.7. The molecule has 3 heteroatoms. The zero-order valence-corrected chi connectivity index (χ0v) is 12.9. The first kappa shape index (κ1) is 14.5. The van der Waals surface area contributed by atoms with Gasteiger partial charge in [0.2, 0.25) is 0 Å². The largest absolute Gasteiger partial charge is 0.389 e. The molecule has 0 atom stereocenters. The van der Waals surface area contributed by atoms with Crippen LogP contribution in [0.15, 0.2) is 42.5 Å². The van der Waals surface area contributed by atoms with Crippen LogP contribution >= 0.6 is 12.2 Å². The van der Waals surface area contributed by atoms with Crippen molar-refractivity contribution in [1.82, 2.24) is 0 Å². The maximum absolute atomic E-state index is 5.69. The predicted octanol–water partition coefficient (Wildman–Crippen LogP) is 4.50. The summed E-state index contributed by atoms with van der Waals surface area (Å²) in [5.74, 6) is 0.482. The van der Waals surface area contributed by atoms with Crippen LogP contribution in [-0.2, 0) is 0 Å². The molecule has 0 aromatic heterocycles. The van der Waals surface area contributed by atoms with E-state index in [4.69, 9.17) is 18.0 Å². The molecule has 0 bridgehead atoms. The van der Waals surface area contributed by atoms with E-state index in [-0.39, 0.29) is 0 Å². The Kier molecular flexibility index (Phi) is 4.40. The number of rotatable bonds is 4. The van der Waals surface area contributed by atoms with Crippen molar-refractivity contribution in [3.05, 3.63) is 59.2 Å². The van der Waals surface area contributed by atoms with Gasteiger partial charge in [0.15, 0.2) is 0 Å². The Labute approximate surface area is 126 Å². The van der Waals surface area contributed by atoms with Gasteiger partial charge in [0.05, 0.1) is 0 Å². The summed E-state index contributed by atoms with van der Waals surface area (Å²) in [6, 6.07) is 14.4. The second-order valence-corrected chi connectivity index (χ2v) is 5.70. The maximum Gasteiger partial charge on any atom is 0.104 e. The van der Waals surface area contributed by atoms with Crippen molar-refractivity contribution in [1.29, 1.82) is 0 Å². The predicted molar refractivity (Wildman–Crippen MR) is 90.9 cm³/mol. The molecule has 0 aliphatic heterocycles. The van der Waals surface area contributed by atoms with Crippen LogP contribution in [0.3, 0.4) is 0 Å². The summed E-state index contributed by atoms with van der Waals surface area (Å²) in [6.07, 6.45) is 0. The summed E-state index contributed by atoms with van der Waals surface area (Å²) in [5.41, 5.74) is 11.2. The van der Waals surface area contributed by atoms with E-state index in [1.165, 1.54) is 5.56 Å². The maximum atomic E-state index is 5.69. The van der Waals surface area contributed by atoms with Crippen LogP contribution in [0.4, 0.5) is 11.4 Å². The highest BCUT2D eigenvalue weighted by Crippen LogP contribution is 2.27. The van der Waals surface area contributed by atoms with Crippen LogP contribution in [0.1, 0.15) is 36.5 Å². The van der Waals surface area contributed by atoms with Crippen molar-refractivity contribution >= 4 is 28.6 Å². The molecule has 0 aliphatic carbocycles. The van der Waals surface area contributed by atoms with Gasteiger partial charge in [-0.3, -0.25) is 0 Å². The van der Waals surface area contributed by atoms with Crippen LogP contribution in [0.2, 0.25) is 0 Å². The fourth-order valence-electron chi connectivity index (χ4n) is 2.29. The molecule has 0 amide bonds. The molecule has 104 valence electrons. The number of hydrogen-bond acceptors (Lipinski definition) is 2. The molecule has 0 saturated carbocycles. The van der Waals surface area contributed by atoms with Gasteiger partial charge < -0.3 is 11.1 Å². The van der Waals surface area contributed by atoms with Crippen molar-refractivity contribution in [2.24, 2.45) is 5.73 Å². The number of aryl methyl sites for hydroxylation is 1. The van der Waals surface area contributed by atoms with Gasteiger partial charge in [-0.05, 0) is 48.2 Å². The summed E-state index contributed by atoms with van der Waals surface area (Å²) in [6.45, 7) is 6.41. The van der Waals surface area contributed by atoms with Crippen LogP contribution in [-0.4, -0.2) is 4.99 Å². The number of hydrogen-bond donors (Lipinski definition) is 2. The minimum Gasteiger partial charge on any atom is -0.389 e. The number of benzene rings is 2. The number of nitrogens with two attached hydrogens (primary N) is 1. The Morgan fingerprint density at radius 3 is 2.45 bits per heavy atom. The topological polar surface area (TPSA) is 38.0 Å². The Bertz CT molecular complexity index is 633. The van der Waals surface area contributed by atoms with E-state index < -0.39 is 0 Å². The Morgan fingerprint density at radius 2 is 1.85 bits per heavy atom. The lowest BCUT2D eigenvalue weighted by Gasteiger charge is -2.15. The van der Waals surface area contributed by atoms with E-state index in [0.717, 1.165) is 22.5 Å². The number of nitrogens with one attached hydrogen (secondary N) is 1. The van der Waals surface area contributed by atoms with E-state index in [1.807, 2.05) is 25.1 Å². The molecule has 0 radical (unpaired) electrons. The smallest absolute Gasteiger partial charge is 0.104 e. The van der Waals surface area contributed by atoms with Gasteiger partial charge >= 0.3 is 0 Å². The van der Waals surface area contributed by atoms with Crippen LogP contribution < -0.4 is 11.1 Å². The Hall–Kier alpha value is -1.87. The Balaban J connectivity index is 2.31. The normalized spacial score (nSPS) is 10.6. The van der Waals surface area contributed by atoms with E-state index in [9.17, 15) is 0 Å². The Morgan fingerprint density at radius 1 is 1.15 bits per heavy atom. The van der Waals surface area contributed by atoms with E-state index in [2.05, 4.69) is 43.4 Å². The number of para-hydroxylation sites is 1. The standard InChI is InChI=1S/C17H20N2S/c1-11(2)14-6-4-5-7-16(14)19-13-8-9-15(17(18)20)12(3)10-13/h4-11,19H,1-3H3,(H2,18,20). The molecule has 0 heterocycles. The second kappa shape index (κ2) is 6.06. The summed E-state index contributed by atoms with van der Waals surface area (Å²) < 4.78 is 0. The average molecular weight is 284 g/mol. The van der Waals surface area contributed by atoms with Gasteiger partial charge in [-0.2, -0.15) is 0 Å². The van der Waals surface area contributed by atoms with Crippen molar-refractivity contribution in [2.75, 3.05) is 5.32 Å². The summed E-state index contributed by atoms with van der Waals surface area (Å²) in [7, 11) is 0. The van der Waals surface area contributed by atoms with Crippen LogP contribution in [0, 0.1) is 6.92 Å². The highest BCUT2D eigenvalue weighted by atomic mass is 32.1. The minimum atomic E-state index is 0.441. The molecule has 2 aromatic carbocycles. The fourth-order valence-corrected chi connectivity index (χ4v) is 2.52. The van der Waals surface area contributed by atoms with Gasteiger partial charge in [0, 0.05) is 16.9 Å². The molecule has 2 nitrogen and oxygen atoms in total. The number of anilines is 2. The van der Waals surface area contributed by atoms with E-state index >= 15 is 0 Å².